The fraction of sp³-hybridized carbons (Fsp3) is 0.231. The molecule has 1 amide bonds. The Labute approximate surface area is 114 Å². The summed E-state index contributed by atoms with van der Waals surface area (Å²) in [7, 11) is 3.64. The lowest BCUT2D eigenvalue weighted by Gasteiger charge is -2.17. The molecule has 0 aromatic carbocycles. The molecule has 0 saturated heterocycles. The molecule has 0 atom stereocenters. The van der Waals surface area contributed by atoms with Crippen molar-refractivity contribution in [1.82, 2.24) is 14.5 Å². The van der Waals surface area contributed by atoms with Crippen LogP contribution in [0.15, 0.2) is 41.3 Å². The highest BCUT2D eigenvalue weighted by atomic mass is 79.9. The van der Waals surface area contributed by atoms with Gasteiger partial charge in [0.15, 0.2) is 0 Å². The van der Waals surface area contributed by atoms with Crippen molar-refractivity contribution in [2.45, 2.75) is 6.54 Å². The molecule has 0 unspecified atom stereocenters. The zero-order valence-electron chi connectivity index (χ0n) is 10.3. The van der Waals surface area contributed by atoms with Gasteiger partial charge in [0.2, 0.25) is 0 Å². The number of hydrogen-bond acceptors (Lipinski definition) is 2. The van der Waals surface area contributed by atoms with Crippen molar-refractivity contribution in [1.29, 1.82) is 0 Å². The minimum absolute atomic E-state index is 0.00736. The lowest BCUT2D eigenvalue weighted by atomic mass is 10.2. The molecule has 0 aliphatic rings. The van der Waals surface area contributed by atoms with Crippen molar-refractivity contribution in [3.8, 4) is 0 Å². The average Bonchev–Trinajstić information content (AvgIpc) is 2.68. The highest BCUT2D eigenvalue weighted by molar-refractivity contribution is 9.10. The van der Waals surface area contributed by atoms with E-state index >= 15 is 0 Å². The van der Waals surface area contributed by atoms with Crippen LogP contribution < -0.4 is 0 Å². The first-order valence-electron chi connectivity index (χ1n) is 5.54. The molecule has 2 heterocycles. The Kier molecular flexibility index (Phi) is 3.81. The van der Waals surface area contributed by atoms with Gasteiger partial charge in [-0.15, -0.1) is 0 Å². The Morgan fingerprint density at radius 1 is 1.56 bits per heavy atom. The van der Waals surface area contributed by atoms with Gasteiger partial charge in [0, 0.05) is 43.7 Å². The van der Waals surface area contributed by atoms with E-state index in [1.165, 1.54) is 0 Å². The van der Waals surface area contributed by atoms with Gasteiger partial charge in [-0.3, -0.25) is 9.78 Å². The fourth-order valence-corrected chi connectivity index (χ4v) is 2.29. The van der Waals surface area contributed by atoms with Crippen LogP contribution in [0.5, 0.6) is 0 Å². The van der Waals surface area contributed by atoms with E-state index in [1.54, 1.807) is 24.3 Å². The number of aryl methyl sites for hydroxylation is 1. The van der Waals surface area contributed by atoms with Gasteiger partial charge in [-0.2, -0.15) is 0 Å². The van der Waals surface area contributed by atoms with E-state index in [0.717, 1.165) is 10.0 Å². The first kappa shape index (κ1) is 12.8. The molecular formula is C13H14BrN3O. The maximum atomic E-state index is 12.2. The molecule has 0 spiro atoms. The fourth-order valence-electron chi connectivity index (χ4n) is 1.77. The van der Waals surface area contributed by atoms with Crippen LogP contribution in [0.3, 0.4) is 0 Å². The number of nitrogens with zero attached hydrogens (tertiary/aromatic N) is 3. The third kappa shape index (κ3) is 2.79. The minimum atomic E-state index is -0.00736. The molecule has 2 aromatic heterocycles. The normalized spacial score (nSPS) is 10.4. The largest absolute Gasteiger partial charge is 0.345 e. The second-order valence-corrected chi connectivity index (χ2v) is 5.09. The number of hydrogen-bond donors (Lipinski definition) is 0. The smallest absolute Gasteiger partial charge is 0.270 e. The lowest BCUT2D eigenvalue weighted by Crippen LogP contribution is -2.27. The number of pyridine rings is 1. The topological polar surface area (TPSA) is 38.1 Å². The van der Waals surface area contributed by atoms with Crippen LogP contribution in [-0.2, 0) is 13.6 Å². The van der Waals surface area contributed by atoms with Gasteiger partial charge in [-0.1, -0.05) is 6.07 Å². The third-order valence-electron chi connectivity index (χ3n) is 2.68. The van der Waals surface area contributed by atoms with Gasteiger partial charge < -0.3 is 9.47 Å². The van der Waals surface area contributed by atoms with Crippen LogP contribution in [-0.4, -0.2) is 27.4 Å². The molecule has 0 radical (unpaired) electrons. The van der Waals surface area contributed by atoms with Crippen LogP contribution in [0, 0.1) is 0 Å². The van der Waals surface area contributed by atoms with Crippen molar-refractivity contribution in [2.75, 3.05) is 7.05 Å². The number of rotatable bonds is 3. The van der Waals surface area contributed by atoms with Crippen molar-refractivity contribution >= 4 is 21.8 Å². The molecule has 2 rings (SSSR count). The van der Waals surface area contributed by atoms with E-state index in [4.69, 9.17) is 0 Å². The maximum absolute atomic E-state index is 12.2. The van der Waals surface area contributed by atoms with E-state index in [-0.39, 0.29) is 5.91 Å². The first-order valence-corrected chi connectivity index (χ1v) is 6.33. The molecule has 5 heteroatoms. The quantitative estimate of drug-likeness (QED) is 0.873. The number of aromatic nitrogens is 2. The monoisotopic (exact) mass is 307 g/mol. The summed E-state index contributed by atoms with van der Waals surface area (Å²) in [5.74, 6) is -0.00736. The molecule has 0 fully saturated rings. The molecular weight excluding hydrogens is 294 g/mol. The molecule has 0 aliphatic carbocycles. The van der Waals surface area contributed by atoms with Gasteiger partial charge in [0.25, 0.3) is 5.91 Å². The summed E-state index contributed by atoms with van der Waals surface area (Å²) >= 11 is 3.37. The standard InChI is InChI=1S/C13H14BrN3O/c1-16-9-11(14)6-12(16)13(18)17(2)8-10-4-3-5-15-7-10/h3-7,9H,8H2,1-2H3. The van der Waals surface area contributed by atoms with Gasteiger partial charge in [0.1, 0.15) is 5.69 Å². The van der Waals surface area contributed by atoms with Gasteiger partial charge in [-0.05, 0) is 33.6 Å². The zero-order chi connectivity index (χ0) is 13.1. The molecule has 0 saturated carbocycles. The SMILES string of the molecule is CN(Cc1cccnc1)C(=O)c1cc(Br)cn1C. The van der Waals surface area contributed by atoms with Crippen molar-refractivity contribution in [2.24, 2.45) is 7.05 Å². The molecule has 4 nitrogen and oxygen atoms in total. The predicted molar refractivity (Wildman–Crippen MR) is 73.1 cm³/mol. The van der Waals surface area contributed by atoms with Crippen LogP contribution in [0.4, 0.5) is 0 Å². The summed E-state index contributed by atoms with van der Waals surface area (Å²) in [6.45, 7) is 0.551. The number of carbonyl (C=O) groups excluding carboxylic acids is 1. The van der Waals surface area contributed by atoms with Crippen molar-refractivity contribution < 1.29 is 4.79 Å². The van der Waals surface area contributed by atoms with Gasteiger partial charge in [-0.25, -0.2) is 0 Å². The van der Waals surface area contributed by atoms with Crippen LogP contribution >= 0.6 is 15.9 Å². The molecule has 0 bridgehead atoms. The minimum Gasteiger partial charge on any atom is -0.345 e. The van der Waals surface area contributed by atoms with Gasteiger partial charge in [0.05, 0.1) is 0 Å². The van der Waals surface area contributed by atoms with E-state index in [9.17, 15) is 4.79 Å². The van der Waals surface area contributed by atoms with Gasteiger partial charge >= 0.3 is 0 Å². The molecule has 0 aliphatic heterocycles. The molecule has 94 valence electrons. The summed E-state index contributed by atoms with van der Waals surface area (Å²) in [6.07, 6.45) is 5.36. The lowest BCUT2D eigenvalue weighted by molar-refractivity contribution is 0.0775. The van der Waals surface area contributed by atoms with E-state index in [1.807, 2.05) is 36.0 Å². The number of halogens is 1. The zero-order valence-corrected chi connectivity index (χ0v) is 11.9. The van der Waals surface area contributed by atoms with E-state index < -0.39 is 0 Å². The predicted octanol–water partition coefficient (Wildman–Crippen LogP) is 2.45. The summed E-state index contributed by atoms with van der Waals surface area (Å²) in [5, 5.41) is 0. The number of amides is 1. The third-order valence-corrected chi connectivity index (χ3v) is 3.11. The van der Waals surface area contributed by atoms with E-state index in [2.05, 4.69) is 20.9 Å². The van der Waals surface area contributed by atoms with Crippen LogP contribution in [0.2, 0.25) is 0 Å². The molecule has 18 heavy (non-hydrogen) atoms. The Hall–Kier alpha value is -1.62. The summed E-state index contributed by atoms with van der Waals surface area (Å²) in [6, 6.07) is 5.65. The summed E-state index contributed by atoms with van der Waals surface area (Å²) in [4.78, 5) is 18.0. The summed E-state index contributed by atoms with van der Waals surface area (Å²) < 4.78 is 2.72. The van der Waals surface area contributed by atoms with Crippen molar-refractivity contribution in [3.05, 3.63) is 52.5 Å². The Bertz CT molecular complexity index is 551. The molecule has 0 N–H and O–H groups in total. The second-order valence-electron chi connectivity index (χ2n) is 4.18. The molecule has 2 aromatic rings. The second kappa shape index (κ2) is 5.35. The Balaban J connectivity index is 2.12. The highest BCUT2D eigenvalue weighted by Crippen LogP contribution is 2.15. The van der Waals surface area contributed by atoms with Crippen LogP contribution in [0.25, 0.3) is 0 Å². The first-order chi connectivity index (χ1) is 8.58. The van der Waals surface area contributed by atoms with Crippen LogP contribution in [0.1, 0.15) is 16.1 Å². The van der Waals surface area contributed by atoms with Crippen molar-refractivity contribution in [3.63, 3.8) is 0 Å². The Morgan fingerprint density at radius 2 is 2.33 bits per heavy atom. The highest BCUT2D eigenvalue weighted by Gasteiger charge is 2.15. The Morgan fingerprint density at radius 3 is 2.89 bits per heavy atom. The summed E-state index contributed by atoms with van der Waals surface area (Å²) in [5.41, 5.74) is 1.68. The average molecular weight is 308 g/mol. The van der Waals surface area contributed by atoms with E-state index in [0.29, 0.717) is 12.2 Å². The maximum Gasteiger partial charge on any atom is 0.270 e. The number of carbonyl (C=O) groups is 1.